The summed E-state index contributed by atoms with van der Waals surface area (Å²) >= 11 is 0. The Kier molecular flexibility index (Phi) is 6.62. The molecule has 2 fully saturated rings. The first-order chi connectivity index (χ1) is 19.2. The van der Waals surface area contributed by atoms with E-state index in [4.69, 9.17) is 0 Å². The summed E-state index contributed by atoms with van der Waals surface area (Å²) in [4.78, 5) is 25.1. The molecule has 13 heteroatoms. The number of amides is 1. The monoisotopic (exact) mass is 568 g/mol. The van der Waals surface area contributed by atoms with Gasteiger partial charge in [0.1, 0.15) is 33.7 Å². The third kappa shape index (κ3) is 4.86. The summed E-state index contributed by atoms with van der Waals surface area (Å²) in [7, 11) is -4.24. The Labute approximate surface area is 228 Å². The molecule has 10 nitrogen and oxygen atoms in total. The Morgan fingerprint density at radius 1 is 1.02 bits per heavy atom. The van der Waals surface area contributed by atoms with Gasteiger partial charge in [0, 0.05) is 37.6 Å². The number of carbonyl (C=O) groups is 1. The van der Waals surface area contributed by atoms with Crippen LogP contribution in [0.15, 0.2) is 66.0 Å². The first-order valence-corrected chi connectivity index (χ1v) is 14.3. The number of hydrogen-bond donors (Lipinski definition) is 2. The van der Waals surface area contributed by atoms with Gasteiger partial charge in [-0.2, -0.15) is 0 Å². The van der Waals surface area contributed by atoms with Crippen molar-refractivity contribution in [3.63, 3.8) is 0 Å². The first-order valence-electron chi connectivity index (χ1n) is 12.8. The maximum atomic E-state index is 14.6. The number of benzene rings is 1. The number of carbonyl (C=O) groups excluding carboxylic acids is 1. The normalized spacial score (nSPS) is 19.5. The molecule has 5 heterocycles. The van der Waals surface area contributed by atoms with Crippen molar-refractivity contribution in [2.45, 2.75) is 36.3 Å². The molecule has 1 aromatic carbocycles. The molecule has 0 aliphatic carbocycles. The van der Waals surface area contributed by atoms with Crippen LogP contribution in [-0.4, -0.2) is 59.5 Å². The second kappa shape index (κ2) is 10.1. The lowest BCUT2D eigenvalue weighted by Gasteiger charge is -2.27. The van der Waals surface area contributed by atoms with Crippen LogP contribution in [0.2, 0.25) is 0 Å². The molecule has 0 bridgehead atoms. The number of nitrogens with zero attached hydrogens (tertiary/aromatic N) is 5. The number of rotatable bonds is 6. The molecule has 208 valence electrons. The van der Waals surface area contributed by atoms with E-state index >= 15 is 0 Å². The Morgan fingerprint density at radius 2 is 1.88 bits per heavy atom. The molecule has 40 heavy (non-hydrogen) atoms. The van der Waals surface area contributed by atoms with Gasteiger partial charge in [-0.15, -0.1) is 0 Å². The van der Waals surface area contributed by atoms with Crippen LogP contribution in [0.5, 0.6) is 0 Å². The highest BCUT2D eigenvalue weighted by atomic mass is 32.2. The summed E-state index contributed by atoms with van der Waals surface area (Å²) in [6, 6.07) is 9.35. The zero-order valence-electron chi connectivity index (χ0n) is 21.2. The molecule has 1 amide bonds. The molecule has 2 aliphatic heterocycles. The molecule has 4 aromatic rings. The van der Waals surface area contributed by atoms with Crippen LogP contribution in [0.3, 0.4) is 0 Å². The average molecular weight is 569 g/mol. The second-order valence-corrected chi connectivity index (χ2v) is 11.6. The topological polar surface area (TPSA) is 120 Å². The fourth-order valence-electron chi connectivity index (χ4n) is 5.38. The number of imidazole rings is 1. The van der Waals surface area contributed by atoms with Crippen LogP contribution in [0.4, 0.5) is 20.3 Å². The fourth-order valence-corrected chi connectivity index (χ4v) is 6.28. The smallest absolute Gasteiger partial charge is 0.283 e. The quantitative estimate of drug-likeness (QED) is 0.364. The molecule has 2 aliphatic rings. The number of aliphatic hydroxyl groups excluding tert-OH is 1. The molecular formula is C27H26F2N6O4S. The van der Waals surface area contributed by atoms with Crippen molar-refractivity contribution in [1.29, 1.82) is 0 Å². The van der Waals surface area contributed by atoms with Gasteiger partial charge in [-0.05, 0) is 61.7 Å². The highest BCUT2D eigenvalue weighted by Gasteiger charge is 2.30. The van der Waals surface area contributed by atoms with Gasteiger partial charge in [0.05, 0.1) is 24.0 Å². The molecule has 2 N–H and O–H groups in total. The number of β-amino-alcohol motifs (C(OH)–C–C–N with tert-alkyl or cyclic N) is 1. The summed E-state index contributed by atoms with van der Waals surface area (Å²) in [5.41, 5.74) is 1.31. The number of nitrogens with one attached hydrogen (secondary N) is 1. The minimum absolute atomic E-state index is 0.0104. The maximum Gasteiger partial charge on any atom is 0.283 e. The van der Waals surface area contributed by atoms with Crippen molar-refractivity contribution in [3.05, 3.63) is 83.9 Å². The Balaban J connectivity index is 1.24. The average Bonchev–Trinajstić information content (AvgIpc) is 3.69. The van der Waals surface area contributed by atoms with Crippen LogP contribution < -0.4 is 14.5 Å². The van der Waals surface area contributed by atoms with E-state index in [1.54, 1.807) is 18.3 Å². The minimum atomic E-state index is -4.24. The molecule has 3 aromatic heterocycles. The summed E-state index contributed by atoms with van der Waals surface area (Å²) in [6.45, 7) is 1.63. The minimum Gasteiger partial charge on any atom is -0.391 e. The largest absolute Gasteiger partial charge is 0.391 e. The fraction of sp³-hybridized carbons (Fsp3) is 0.296. The molecular weight excluding hydrogens is 542 g/mol. The molecule has 0 saturated carbocycles. The lowest BCUT2D eigenvalue weighted by molar-refractivity contribution is 0.0975. The van der Waals surface area contributed by atoms with Gasteiger partial charge >= 0.3 is 0 Å². The maximum absolute atomic E-state index is 14.6. The SMILES string of the molecule is O=C(NS(=O)(=O)c1ccc(N2CC[C@H](O)C2)nc1)c1cnc2ccc(N3CCC[C@@H]3c3cc(F)ccc3F)cn12. The number of halogens is 2. The van der Waals surface area contributed by atoms with Gasteiger partial charge < -0.3 is 14.9 Å². The second-order valence-electron chi connectivity index (χ2n) is 9.95. The zero-order valence-corrected chi connectivity index (χ0v) is 22.1. The molecule has 6 rings (SSSR count). The van der Waals surface area contributed by atoms with Crippen LogP contribution in [-0.2, 0) is 10.0 Å². The van der Waals surface area contributed by atoms with Gasteiger partial charge in [-0.3, -0.25) is 9.20 Å². The van der Waals surface area contributed by atoms with Crippen molar-refractivity contribution in [1.82, 2.24) is 19.1 Å². The lowest BCUT2D eigenvalue weighted by Crippen LogP contribution is -2.31. The predicted octanol–water partition coefficient (Wildman–Crippen LogP) is 3.04. The van der Waals surface area contributed by atoms with E-state index in [0.717, 1.165) is 18.6 Å². The third-order valence-electron chi connectivity index (χ3n) is 7.37. The summed E-state index contributed by atoms with van der Waals surface area (Å²) in [5.74, 6) is -1.36. The Bertz CT molecular complexity index is 1700. The number of hydrogen-bond acceptors (Lipinski definition) is 8. The summed E-state index contributed by atoms with van der Waals surface area (Å²) in [5, 5.41) is 9.72. The van der Waals surface area contributed by atoms with Crippen molar-refractivity contribution in [2.75, 3.05) is 29.4 Å². The van der Waals surface area contributed by atoms with E-state index < -0.39 is 39.7 Å². The van der Waals surface area contributed by atoms with Gasteiger partial charge in [-0.1, -0.05) is 0 Å². The number of fused-ring (bicyclic) bond motifs is 1. The number of aromatic nitrogens is 3. The number of sulfonamides is 1. The standard InChI is InChI=1S/C27H26F2N6O4S/c28-17-3-6-22(29)21(12-17)23-2-1-10-34(23)18-4-7-26-31-14-24(35(26)15-18)27(37)32-40(38,39)20-5-8-25(30-13-20)33-11-9-19(36)16-33/h3-8,12-15,19,23,36H,1-2,9-11,16H2,(H,32,37)/t19-,23+/m0/s1. The van der Waals surface area contributed by atoms with Crippen molar-refractivity contribution < 1.29 is 27.1 Å². The number of aliphatic hydroxyl groups is 1. The summed E-state index contributed by atoms with van der Waals surface area (Å²) in [6.07, 6.45) is 5.63. The van der Waals surface area contributed by atoms with Crippen LogP contribution in [0.1, 0.15) is 41.4 Å². The molecule has 0 radical (unpaired) electrons. The van der Waals surface area contributed by atoms with Gasteiger partial charge in [0.25, 0.3) is 15.9 Å². The molecule has 0 unspecified atom stereocenters. The highest BCUT2D eigenvalue weighted by Crippen LogP contribution is 2.37. The van der Waals surface area contributed by atoms with E-state index in [-0.39, 0.29) is 16.2 Å². The van der Waals surface area contributed by atoms with Crippen molar-refractivity contribution in [3.8, 4) is 0 Å². The number of pyridine rings is 2. The molecule has 2 atom stereocenters. The van der Waals surface area contributed by atoms with Crippen LogP contribution in [0, 0.1) is 11.6 Å². The summed E-state index contributed by atoms with van der Waals surface area (Å²) < 4.78 is 57.9. The Hall–Kier alpha value is -4.10. The van der Waals surface area contributed by atoms with E-state index in [1.165, 1.54) is 35.0 Å². The van der Waals surface area contributed by atoms with E-state index in [9.17, 15) is 27.1 Å². The molecule has 2 saturated heterocycles. The van der Waals surface area contributed by atoms with Gasteiger partial charge in [0.2, 0.25) is 0 Å². The zero-order chi connectivity index (χ0) is 28.0. The molecule has 0 spiro atoms. The van der Waals surface area contributed by atoms with Crippen molar-refractivity contribution >= 4 is 33.1 Å². The lowest BCUT2D eigenvalue weighted by atomic mass is 10.0. The highest BCUT2D eigenvalue weighted by molar-refractivity contribution is 7.90. The first kappa shape index (κ1) is 26.1. The predicted molar refractivity (Wildman–Crippen MR) is 143 cm³/mol. The number of anilines is 2. The van der Waals surface area contributed by atoms with Crippen molar-refractivity contribution in [2.24, 2.45) is 0 Å². The van der Waals surface area contributed by atoms with E-state index in [1.807, 2.05) is 9.80 Å². The Morgan fingerprint density at radius 3 is 2.62 bits per heavy atom. The van der Waals surface area contributed by atoms with E-state index in [0.29, 0.717) is 49.6 Å². The van der Waals surface area contributed by atoms with Gasteiger partial charge in [0.15, 0.2) is 0 Å². The third-order valence-corrected chi connectivity index (χ3v) is 8.69. The van der Waals surface area contributed by atoms with Crippen LogP contribution >= 0.6 is 0 Å². The van der Waals surface area contributed by atoms with Gasteiger partial charge in [-0.25, -0.2) is 31.9 Å². The van der Waals surface area contributed by atoms with E-state index in [2.05, 4.69) is 14.7 Å². The van der Waals surface area contributed by atoms with Crippen LogP contribution in [0.25, 0.3) is 5.65 Å².